The lowest BCUT2D eigenvalue weighted by Crippen LogP contribution is -2.34. The Bertz CT molecular complexity index is 449. The Morgan fingerprint density at radius 2 is 2.14 bits per heavy atom. The average molecular weight is 296 g/mol. The smallest absolute Gasteiger partial charge is 0.408 e. The molecule has 1 amide bonds. The molecule has 1 heterocycles. The fraction of sp³-hybridized carbons (Fsp3) is 0.733. The summed E-state index contributed by atoms with van der Waals surface area (Å²) in [5.74, 6) is 0. The highest BCUT2D eigenvalue weighted by atomic mass is 16.6. The molecule has 0 aromatic carbocycles. The lowest BCUT2D eigenvalue weighted by Gasteiger charge is -2.22. The third-order valence-electron chi connectivity index (χ3n) is 2.93. The van der Waals surface area contributed by atoms with Crippen LogP contribution in [0.25, 0.3) is 0 Å². The molecule has 0 saturated heterocycles. The van der Waals surface area contributed by atoms with Gasteiger partial charge in [-0.1, -0.05) is 0 Å². The van der Waals surface area contributed by atoms with Crippen molar-refractivity contribution in [1.29, 1.82) is 0 Å². The molecule has 6 nitrogen and oxygen atoms in total. The first kappa shape index (κ1) is 17.5. The number of aryl methyl sites for hydroxylation is 1. The number of carbonyl (C=O) groups is 1. The first-order valence-electron chi connectivity index (χ1n) is 7.33. The molecule has 120 valence electrons. The summed E-state index contributed by atoms with van der Waals surface area (Å²) in [7, 11) is 4.11. The van der Waals surface area contributed by atoms with E-state index in [0.717, 1.165) is 25.2 Å². The Hall–Kier alpha value is -1.56. The maximum Gasteiger partial charge on any atom is 0.408 e. The molecule has 1 unspecified atom stereocenters. The van der Waals surface area contributed by atoms with Crippen LogP contribution in [0.4, 0.5) is 4.79 Å². The number of carbonyl (C=O) groups excluding carboxylic acids is 1. The van der Waals surface area contributed by atoms with Gasteiger partial charge in [0.15, 0.2) is 0 Å². The van der Waals surface area contributed by atoms with E-state index in [4.69, 9.17) is 4.74 Å². The molecule has 1 rings (SSSR count). The Kier molecular flexibility index (Phi) is 6.20. The summed E-state index contributed by atoms with van der Waals surface area (Å²) in [5, 5.41) is 2.85. The molecule has 0 aliphatic heterocycles. The van der Waals surface area contributed by atoms with E-state index in [9.17, 15) is 4.79 Å². The number of imidazole rings is 1. The molecule has 0 fully saturated rings. The summed E-state index contributed by atoms with van der Waals surface area (Å²) in [5.41, 5.74) is 0.495. The molecule has 1 atom stereocenters. The Morgan fingerprint density at radius 1 is 1.48 bits per heavy atom. The summed E-state index contributed by atoms with van der Waals surface area (Å²) in [6, 6.07) is -0.137. The predicted octanol–water partition coefficient (Wildman–Crippen LogP) is 2.42. The third kappa shape index (κ3) is 6.62. The molecule has 0 aliphatic rings. The first-order chi connectivity index (χ1) is 9.69. The molecular weight excluding hydrogens is 268 g/mol. The number of hydrogen-bond acceptors (Lipinski definition) is 4. The summed E-state index contributed by atoms with van der Waals surface area (Å²) < 4.78 is 7.35. The highest BCUT2D eigenvalue weighted by Crippen LogP contribution is 2.14. The molecule has 0 saturated carbocycles. The van der Waals surface area contributed by atoms with Gasteiger partial charge in [-0.05, 0) is 54.8 Å². The SMILES string of the molecule is CC(NC(=O)OC(C)(C)C)c1cncn1CCCN(C)C. The van der Waals surface area contributed by atoms with Crippen molar-refractivity contribution in [3.8, 4) is 0 Å². The van der Waals surface area contributed by atoms with Gasteiger partial charge in [0.2, 0.25) is 0 Å². The monoisotopic (exact) mass is 296 g/mol. The number of alkyl carbamates (subject to hydrolysis) is 1. The molecular formula is C15H28N4O2. The molecule has 21 heavy (non-hydrogen) atoms. The average Bonchev–Trinajstić information content (AvgIpc) is 2.73. The van der Waals surface area contributed by atoms with Gasteiger partial charge in [-0.15, -0.1) is 0 Å². The number of hydrogen-bond donors (Lipinski definition) is 1. The molecule has 1 aromatic heterocycles. The quantitative estimate of drug-likeness (QED) is 0.876. The van der Waals surface area contributed by atoms with Gasteiger partial charge in [0.25, 0.3) is 0 Å². The molecule has 0 bridgehead atoms. The molecule has 1 aromatic rings. The topological polar surface area (TPSA) is 59.4 Å². The van der Waals surface area contributed by atoms with Crippen LogP contribution in [-0.4, -0.2) is 46.8 Å². The van der Waals surface area contributed by atoms with Crippen LogP contribution in [0.1, 0.15) is 45.9 Å². The van der Waals surface area contributed by atoms with Crippen molar-refractivity contribution in [3.63, 3.8) is 0 Å². The van der Waals surface area contributed by atoms with Crippen LogP contribution in [0, 0.1) is 0 Å². The second kappa shape index (κ2) is 7.45. The number of aromatic nitrogens is 2. The van der Waals surface area contributed by atoms with Crippen molar-refractivity contribution in [2.45, 2.75) is 52.3 Å². The summed E-state index contributed by atoms with van der Waals surface area (Å²) in [6.07, 6.45) is 4.22. The number of nitrogens with one attached hydrogen (secondary N) is 1. The summed E-state index contributed by atoms with van der Waals surface area (Å²) in [4.78, 5) is 18.1. The van der Waals surface area contributed by atoms with Crippen molar-refractivity contribution in [2.24, 2.45) is 0 Å². The second-order valence-corrected chi connectivity index (χ2v) is 6.54. The van der Waals surface area contributed by atoms with Crippen molar-refractivity contribution in [3.05, 3.63) is 18.2 Å². The van der Waals surface area contributed by atoms with Gasteiger partial charge in [0.1, 0.15) is 5.60 Å². The van der Waals surface area contributed by atoms with Crippen LogP contribution in [0.15, 0.2) is 12.5 Å². The predicted molar refractivity (Wildman–Crippen MR) is 83.2 cm³/mol. The Balaban J connectivity index is 2.56. The van der Waals surface area contributed by atoms with E-state index in [-0.39, 0.29) is 6.04 Å². The normalized spacial score (nSPS) is 13.3. The lowest BCUT2D eigenvalue weighted by atomic mass is 10.2. The van der Waals surface area contributed by atoms with Crippen LogP contribution in [0.5, 0.6) is 0 Å². The number of nitrogens with zero attached hydrogens (tertiary/aromatic N) is 3. The van der Waals surface area contributed by atoms with Crippen molar-refractivity contribution >= 4 is 6.09 Å². The van der Waals surface area contributed by atoms with E-state index >= 15 is 0 Å². The molecule has 0 spiro atoms. The van der Waals surface area contributed by atoms with Crippen LogP contribution in [0.2, 0.25) is 0 Å². The third-order valence-corrected chi connectivity index (χ3v) is 2.93. The molecule has 0 aliphatic carbocycles. The van der Waals surface area contributed by atoms with Crippen LogP contribution in [-0.2, 0) is 11.3 Å². The van der Waals surface area contributed by atoms with Crippen molar-refractivity contribution < 1.29 is 9.53 Å². The van der Waals surface area contributed by atoms with Gasteiger partial charge in [-0.2, -0.15) is 0 Å². The van der Waals surface area contributed by atoms with Crippen LogP contribution >= 0.6 is 0 Å². The van der Waals surface area contributed by atoms with Gasteiger partial charge in [0, 0.05) is 6.54 Å². The zero-order valence-electron chi connectivity index (χ0n) is 14.0. The lowest BCUT2D eigenvalue weighted by molar-refractivity contribution is 0.0506. The standard InChI is InChI=1S/C15H28N4O2/c1-12(17-14(20)21-15(2,3)4)13-10-16-11-19(13)9-7-8-18(5)6/h10-12H,7-9H2,1-6H3,(H,17,20). The molecule has 0 radical (unpaired) electrons. The fourth-order valence-corrected chi connectivity index (χ4v) is 1.99. The first-order valence-corrected chi connectivity index (χ1v) is 7.33. The van der Waals surface area contributed by atoms with Crippen molar-refractivity contribution in [1.82, 2.24) is 19.8 Å². The van der Waals surface area contributed by atoms with E-state index in [1.54, 1.807) is 12.5 Å². The second-order valence-electron chi connectivity index (χ2n) is 6.54. The summed E-state index contributed by atoms with van der Waals surface area (Å²) >= 11 is 0. The Labute approximate surface area is 127 Å². The minimum atomic E-state index is -0.490. The minimum absolute atomic E-state index is 0.137. The van der Waals surface area contributed by atoms with E-state index in [0.29, 0.717) is 0 Å². The van der Waals surface area contributed by atoms with Crippen LogP contribution in [0.3, 0.4) is 0 Å². The maximum absolute atomic E-state index is 11.8. The number of rotatable bonds is 6. The van der Waals surface area contributed by atoms with Crippen molar-refractivity contribution in [2.75, 3.05) is 20.6 Å². The van der Waals surface area contributed by atoms with E-state index in [1.807, 2.05) is 27.7 Å². The molecule has 6 heteroatoms. The largest absolute Gasteiger partial charge is 0.444 e. The zero-order valence-corrected chi connectivity index (χ0v) is 14.0. The van der Waals surface area contributed by atoms with Gasteiger partial charge < -0.3 is 19.5 Å². The van der Waals surface area contributed by atoms with Gasteiger partial charge >= 0.3 is 6.09 Å². The van der Waals surface area contributed by atoms with E-state index in [1.165, 1.54) is 0 Å². The van der Waals surface area contributed by atoms with Gasteiger partial charge in [0.05, 0.1) is 24.3 Å². The fourth-order valence-electron chi connectivity index (χ4n) is 1.99. The number of amides is 1. The minimum Gasteiger partial charge on any atom is -0.444 e. The zero-order chi connectivity index (χ0) is 16.0. The highest BCUT2D eigenvalue weighted by Gasteiger charge is 2.19. The highest BCUT2D eigenvalue weighted by molar-refractivity contribution is 5.68. The summed E-state index contributed by atoms with van der Waals surface area (Å²) in [6.45, 7) is 9.39. The van der Waals surface area contributed by atoms with Gasteiger partial charge in [-0.3, -0.25) is 0 Å². The Morgan fingerprint density at radius 3 is 2.71 bits per heavy atom. The molecule has 1 N–H and O–H groups in total. The number of ether oxygens (including phenoxy) is 1. The van der Waals surface area contributed by atoms with Crippen LogP contribution < -0.4 is 5.32 Å². The maximum atomic E-state index is 11.8. The van der Waals surface area contributed by atoms with E-state index < -0.39 is 11.7 Å². The van der Waals surface area contributed by atoms with Gasteiger partial charge in [-0.25, -0.2) is 9.78 Å². The van der Waals surface area contributed by atoms with E-state index in [2.05, 4.69) is 33.9 Å².